The predicted octanol–water partition coefficient (Wildman–Crippen LogP) is 1.89. The highest BCUT2D eigenvalue weighted by atomic mass is 19.1. The van der Waals surface area contributed by atoms with Crippen LogP contribution in [0.4, 0.5) is 10.1 Å². The number of halogens is 1. The third-order valence-electron chi connectivity index (χ3n) is 5.02. The van der Waals surface area contributed by atoms with E-state index in [0.29, 0.717) is 16.8 Å². The van der Waals surface area contributed by atoms with Crippen molar-refractivity contribution in [3.8, 4) is 23.5 Å². The van der Waals surface area contributed by atoms with Gasteiger partial charge < -0.3 is 20.5 Å². The molecular weight excluding hydrogens is 469 g/mol. The van der Waals surface area contributed by atoms with Gasteiger partial charge in [0.1, 0.15) is 17.9 Å². The van der Waals surface area contributed by atoms with E-state index in [4.69, 9.17) is 25.9 Å². The summed E-state index contributed by atoms with van der Waals surface area (Å²) in [6, 6.07) is 11.8. The van der Waals surface area contributed by atoms with Crippen molar-refractivity contribution in [2.75, 3.05) is 19.0 Å². The molecule has 2 aromatic carbocycles. The molecular formula is C23H20FN9O3. The smallest absolute Gasteiger partial charge is 0.350 e. The summed E-state index contributed by atoms with van der Waals surface area (Å²) in [7, 11) is 1.34. The Labute approximate surface area is 203 Å². The fourth-order valence-electron chi connectivity index (χ4n) is 3.38. The molecule has 0 aliphatic heterocycles. The Bertz CT molecular complexity index is 1480. The van der Waals surface area contributed by atoms with Gasteiger partial charge in [0.05, 0.1) is 7.11 Å². The van der Waals surface area contributed by atoms with Gasteiger partial charge in [-0.15, -0.1) is 9.78 Å². The van der Waals surface area contributed by atoms with Gasteiger partial charge in [0.15, 0.2) is 29.7 Å². The largest absolute Gasteiger partial charge is 0.493 e. The Hall–Kier alpha value is -5.25. The minimum atomic E-state index is -0.876. The number of aromatic nitrogens is 5. The van der Waals surface area contributed by atoms with E-state index in [9.17, 15) is 4.79 Å². The first kappa shape index (κ1) is 23.9. The van der Waals surface area contributed by atoms with E-state index in [-0.39, 0.29) is 35.7 Å². The molecule has 0 aliphatic carbocycles. The van der Waals surface area contributed by atoms with Crippen molar-refractivity contribution >= 4 is 11.5 Å². The maximum atomic E-state index is 15.0. The molecule has 36 heavy (non-hydrogen) atoms. The molecule has 2 aromatic heterocycles. The number of anilines is 1. The molecule has 2 heterocycles. The van der Waals surface area contributed by atoms with Crippen molar-refractivity contribution in [3.63, 3.8) is 0 Å². The van der Waals surface area contributed by atoms with Gasteiger partial charge in [-0.1, -0.05) is 0 Å². The van der Waals surface area contributed by atoms with Crippen LogP contribution in [0, 0.1) is 22.6 Å². The van der Waals surface area contributed by atoms with Crippen LogP contribution in [-0.2, 0) is 0 Å². The summed E-state index contributed by atoms with van der Waals surface area (Å²) in [6.45, 7) is -0.369. The van der Waals surface area contributed by atoms with Crippen LogP contribution in [0.1, 0.15) is 23.0 Å². The number of hydrogen-bond acceptors (Lipinski definition) is 9. The number of benzene rings is 2. The molecule has 182 valence electrons. The van der Waals surface area contributed by atoms with Crippen LogP contribution in [0.15, 0.2) is 59.7 Å². The van der Waals surface area contributed by atoms with Gasteiger partial charge in [0, 0.05) is 23.6 Å². The first-order chi connectivity index (χ1) is 17.4. The lowest BCUT2D eigenvalue weighted by atomic mass is 10.0. The van der Waals surface area contributed by atoms with E-state index in [1.54, 1.807) is 36.4 Å². The molecule has 4 aromatic rings. The van der Waals surface area contributed by atoms with E-state index < -0.39 is 17.5 Å². The maximum Gasteiger partial charge on any atom is 0.350 e. The van der Waals surface area contributed by atoms with Crippen molar-refractivity contribution in [2.24, 2.45) is 5.73 Å². The minimum Gasteiger partial charge on any atom is -0.493 e. The molecule has 0 saturated heterocycles. The Balaban J connectivity index is 1.81. The summed E-state index contributed by atoms with van der Waals surface area (Å²) >= 11 is 0. The molecule has 1 unspecified atom stereocenters. The molecule has 0 radical (unpaired) electrons. The zero-order valence-corrected chi connectivity index (χ0v) is 18.9. The van der Waals surface area contributed by atoms with Gasteiger partial charge in [-0.25, -0.2) is 19.2 Å². The molecule has 0 aliphatic rings. The number of rotatable bonds is 9. The van der Waals surface area contributed by atoms with Crippen LogP contribution in [0.25, 0.3) is 5.95 Å². The van der Waals surface area contributed by atoms with Crippen molar-refractivity contribution in [1.82, 2.24) is 24.7 Å². The van der Waals surface area contributed by atoms with Crippen molar-refractivity contribution in [2.45, 2.75) is 6.04 Å². The summed E-state index contributed by atoms with van der Waals surface area (Å²) in [5, 5.41) is 23.9. The number of amidine groups is 1. The average Bonchev–Trinajstić information content (AvgIpc) is 3.28. The molecule has 13 heteroatoms. The summed E-state index contributed by atoms with van der Waals surface area (Å²) in [5.41, 5.74) is 6.35. The number of nitriles is 1. The van der Waals surface area contributed by atoms with Gasteiger partial charge in [0.25, 0.3) is 5.95 Å². The van der Waals surface area contributed by atoms with E-state index >= 15 is 4.39 Å². The highest BCUT2D eigenvalue weighted by molar-refractivity contribution is 5.95. The summed E-state index contributed by atoms with van der Waals surface area (Å²) in [6.07, 6.45) is 2.94. The monoisotopic (exact) mass is 489 g/mol. The standard InChI is InChI=1S/C23H20FN9O3/c1-35-17-12-14(11-16(24)19(17)36-10-7-25)18(30-15-5-3-13(4-6-15)20(26)27)21-31-23(34)33(32-21)22-28-8-2-9-29-22/h2-6,8-9,11-12,18,30H,10H2,1H3,(H3,26,27)(H,31,32,34). The second-order valence-electron chi connectivity index (χ2n) is 7.33. The quantitative estimate of drug-likeness (QED) is 0.202. The molecule has 0 spiro atoms. The van der Waals surface area contributed by atoms with Crippen molar-refractivity contribution in [3.05, 3.63) is 88.1 Å². The summed E-state index contributed by atoms with van der Waals surface area (Å²) < 4.78 is 26.5. The van der Waals surface area contributed by atoms with Gasteiger partial charge >= 0.3 is 5.69 Å². The van der Waals surface area contributed by atoms with Crippen LogP contribution < -0.4 is 26.2 Å². The molecule has 0 saturated carbocycles. The van der Waals surface area contributed by atoms with E-state index in [1.807, 2.05) is 0 Å². The third-order valence-corrected chi connectivity index (χ3v) is 5.02. The number of nitrogens with two attached hydrogens (primary N) is 1. The van der Waals surface area contributed by atoms with Gasteiger partial charge in [-0.3, -0.25) is 10.4 Å². The molecule has 5 N–H and O–H groups in total. The van der Waals surface area contributed by atoms with Gasteiger partial charge in [0.2, 0.25) is 0 Å². The predicted molar refractivity (Wildman–Crippen MR) is 127 cm³/mol. The lowest BCUT2D eigenvalue weighted by Gasteiger charge is -2.20. The highest BCUT2D eigenvalue weighted by Gasteiger charge is 2.24. The molecule has 12 nitrogen and oxygen atoms in total. The van der Waals surface area contributed by atoms with Crippen molar-refractivity contribution in [1.29, 1.82) is 10.7 Å². The Morgan fingerprint density at radius 2 is 2.03 bits per heavy atom. The van der Waals surface area contributed by atoms with E-state index in [1.165, 1.54) is 31.6 Å². The second kappa shape index (κ2) is 10.3. The van der Waals surface area contributed by atoms with Crippen LogP contribution >= 0.6 is 0 Å². The highest BCUT2D eigenvalue weighted by Crippen LogP contribution is 2.36. The first-order valence-electron chi connectivity index (χ1n) is 10.5. The number of ether oxygens (including phenoxy) is 2. The SMILES string of the molecule is COc1cc(C(Nc2ccc(C(=N)N)cc2)c2nn(-c3ncccn3)c(=O)[nH]2)cc(F)c1OCC#N. The topological polar surface area (TPSA) is 181 Å². The number of hydrogen-bond donors (Lipinski definition) is 4. The first-order valence-corrected chi connectivity index (χ1v) is 10.5. The number of methoxy groups -OCH3 is 1. The van der Waals surface area contributed by atoms with Crippen LogP contribution in [0.3, 0.4) is 0 Å². The molecule has 1 atom stereocenters. The van der Waals surface area contributed by atoms with Crippen LogP contribution in [0.2, 0.25) is 0 Å². The average molecular weight is 489 g/mol. The normalized spacial score (nSPS) is 11.4. The molecule has 4 rings (SSSR count). The van der Waals surface area contributed by atoms with E-state index in [2.05, 4.69) is 25.4 Å². The zero-order chi connectivity index (χ0) is 25.7. The number of nitrogens with one attached hydrogen (secondary N) is 3. The zero-order valence-electron chi connectivity index (χ0n) is 18.9. The lowest BCUT2D eigenvalue weighted by Crippen LogP contribution is -2.18. The third kappa shape index (κ3) is 4.97. The van der Waals surface area contributed by atoms with Crippen LogP contribution in [0.5, 0.6) is 11.5 Å². The number of nitrogen functional groups attached to an aromatic ring is 1. The Morgan fingerprint density at radius 3 is 2.67 bits per heavy atom. The Kier molecular flexibility index (Phi) is 6.87. The van der Waals surface area contributed by atoms with Gasteiger partial charge in [-0.05, 0) is 48.0 Å². The molecule has 0 amide bonds. The lowest BCUT2D eigenvalue weighted by molar-refractivity contribution is 0.312. The maximum absolute atomic E-state index is 15.0. The Morgan fingerprint density at radius 1 is 1.31 bits per heavy atom. The minimum absolute atomic E-state index is 0.0483. The second-order valence-corrected chi connectivity index (χ2v) is 7.33. The number of H-pyrrole nitrogens is 1. The van der Waals surface area contributed by atoms with Crippen LogP contribution in [-0.4, -0.2) is 44.3 Å². The van der Waals surface area contributed by atoms with Gasteiger partial charge in [-0.2, -0.15) is 5.26 Å². The fraction of sp³-hybridized carbons (Fsp3) is 0.130. The summed E-state index contributed by atoms with van der Waals surface area (Å²) in [4.78, 5) is 23.4. The fourth-order valence-corrected chi connectivity index (χ4v) is 3.38. The van der Waals surface area contributed by atoms with Crippen molar-refractivity contribution < 1.29 is 13.9 Å². The summed E-state index contributed by atoms with van der Waals surface area (Å²) in [5.74, 6) is -0.847. The molecule has 0 bridgehead atoms. The molecule has 0 fully saturated rings. The van der Waals surface area contributed by atoms with E-state index in [0.717, 1.165) is 4.68 Å². The number of aromatic amines is 1. The number of nitrogens with zero attached hydrogens (tertiary/aromatic N) is 5.